The van der Waals surface area contributed by atoms with Gasteiger partial charge in [-0.3, -0.25) is 9.97 Å². The summed E-state index contributed by atoms with van der Waals surface area (Å²) in [5, 5.41) is 0. The van der Waals surface area contributed by atoms with Crippen LogP contribution in [0.4, 0.5) is 18.9 Å². The Morgan fingerprint density at radius 1 is 1.17 bits per heavy atom. The molecule has 7 heteroatoms. The Bertz CT molecular complexity index is 557. The number of hydrogen-bond donors (Lipinski definition) is 1. The van der Waals surface area contributed by atoms with Crippen molar-refractivity contribution in [2.75, 3.05) is 5.73 Å². The average Bonchev–Trinajstić information content (AvgIpc) is 2.31. The Morgan fingerprint density at radius 3 is 2.61 bits per heavy atom. The molecule has 0 amide bonds. The highest BCUT2D eigenvalue weighted by atomic mass is 32.2. The average molecular weight is 271 g/mol. The highest BCUT2D eigenvalue weighted by Gasteiger charge is 2.32. The third-order valence-corrected chi connectivity index (χ3v) is 3.14. The normalized spacial score (nSPS) is 11.5. The molecule has 0 aliphatic rings. The van der Waals surface area contributed by atoms with Crippen molar-refractivity contribution in [3.8, 4) is 0 Å². The molecule has 18 heavy (non-hydrogen) atoms. The van der Waals surface area contributed by atoms with Crippen LogP contribution in [0.15, 0.2) is 46.6 Å². The van der Waals surface area contributed by atoms with Crippen LogP contribution in [0.3, 0.4) is 0 Å². The second-order valence-corrected chi connectivity index (χ2v) is 4.51. The molecule has 0 bridgehead atoms. The molecule has 0 fully saturated rings. The maximum atomic E-state index is 12.5. The number of nitrogens with two attached hydrogens (primary N) is 1. The van der Waals surface area contributed by atoms with E-state index in [0.717, 1.165) is 24.0 Å². The Balaban J connectivity index is 2.28. The van der Waals surface area contributed by atoms with Crippen molar-refractivity contribution in [2.24, 2.45) is 0 Å². The number of pyridine rings is 2. The largest absolute Gasteiger partial charge is 0.433 e. The van der Waals surface area contributed by atoms with Crippen molar-refractivity contribution in [1.82, 2.24) is 9.97 Å². The summed E-state index contributed by atoms with van der Waals surface area (Å²) < 4.78 is 37.4. The first kappa shape index (κ1) is 12.7. The quantitative estimate of drug-likeness (QED) is 0.911. The highest BCUT2D eigenvalue weighted by Crippen LogP contribution is 2.34. The predicted octanol–water partition coefficient (Wildman–Crippen LogP) is 3.23. The van der Waals surface area contributed by atoms with Gasteiger partial charge >= 0.3 is 6.18 Å². The fourth-order valence-corrected chi connectivity index (χ4v) is 2.10. The molecule has 0 spiro atoms. The summed E-state index contributed by atoms with van der Waals surface area (Å²) >= 11 is 1.14. The van der Waals surface area contributed by atoms with Gasteiger partial charge in [0.05, 0.1) is 11.9 Å². The zero-order valence-electron chi connectivity index (χ0n) is 8.98. The van der Waals surface area contributed by atoms with E-state index < -0.39 is 11.9 Å². The fraction of sp³-hybridized carbons (Fsp3) is 0.0909. The minimum Gasteiger partial charge on any atom is -0.397 e. The number of rotatable bonds is 2. The van der Waals surface area contributed by atoms with E-state index in [-0.39, 0.29) is 0 Å². The first-order valence-electron chi connectivity index (χ1n) is 4.87. The van der Waals surface area contributed by atoms with E-state index in [9.17, 15) is 13.2 Å². The van der Waals surface area contributed by atoms with Crippen LogP contribution >= 0.6 is 11.8 Å². The number of halogens is 3. The van der Waals surface area contributed by atoms with Gasteiger partial charge in [-0.25, -0.2) is 0 Å². The van der Waals surface area contributed by atoms with E-state index in [0.29, 0.717) is 15.5 Å². The van der Waals surface area contributed by atoms with E-state index in [1.165, 1.54) is 18.5 Å². The second kappa shape index (κ2) is 4.85. The van der Waals surface area contributed by atoms with Gasteiger partial charge in [0, 0.05) is 22.2 Å². The van der Waals surface area contributed by atoms with Crippen LogP contribution < -0.4 is 5.73 Å². The molecule has 0 radical (unpaired) electrons. The maximum absolute atomic E-state index is 12.5. The molecule has 2 aromatic heterocycles. The lowest BCUT2D eigenvalue weighted by Gasteiger charge is -2.08. The number of hydrogen-bond acceptors (Lipinski definition) is 4. The highest BCUT2D eigenvalue weighted by molar-refractivity contribution is 7.99. The number of anilines is 1. The minimum absolute atomic E-state index is 0.424. The molecular formula is C11H8F3N3S. The van der Waals surface area contributed by atoms with Gasteiger partial charge in [-0.05, 0) is 18.2 Å². The van der Waals surface area contributed by atoms with Gasteiger partial charge < -0.3 is 5.73 Å². The summed E-state index contributed by atoms with van der Waals surface area (Å²) in [7, 11) is 0. The van der Waals surface area contributed by atoms with E-state index in [1.54, 1.807) is 6.07 Å². The van der Waals surface area contributed by atoms with Crippen molar-refractivity contribution < 1.29 is 13.2 Å². The summed E-state index contributed by atoms with van der Waals surface area (Å²) in [6.07, 6.45) is -0.332. The second-order valence-electron chi connectivity index (χ2n) is 3.39. The number of nitrogen functional groups attached to an aromatic ring is 1. The van der Waals surface area contributed by atoms with E-state index in [4.69, 9.17) is 5.73 Å². The molecule has 94 valence electrons. The van der Waals surface area contributed by atoms with Crippen LogP contribution in [-0.2, 0) is 6.18 Å². The third-order valence-electron chi connectivity index (χ3n) is 2.06. The molecule has 0 aliphatic heterocycles. The molecule has 0 aromatic carbocycles. The van der Waals surface area contributed by atoms with E-state index in [1.807, 2.05) is 0 Å². The number of alkyl halides is 3. The maximum Gasteiger partial charge on any atom is 0.433 e. The Hall–Kier alpha value is -1.76. The van der Waals surface area contributed by atoms with Crippen molar-refractivity contribution in [3.05, 3.63) is 42.5 Å². The molecular weight excluding hydrogens is 263 g/mol. The molecule has 0 saturated carbocycles. The van der Waals surface area contributed by atoms with Gasteiger partial charge in [0.2, 0.25) is 0 Å². The molecule has 2 N–H and O–H groups in total. The fourth-order valence-electron chi connectivity index (χ4n) is 1.24. The Kier molecular flexibility index (Phi) is 3.42. The van der Waals surface area contributed by atoms with Crippen LogP contribution in [-0.4, -0.2) is 9.97 Å². The van der Waals surface area contributed by atoms with Crippen LogP contribution in [0, 0.1) is 0 Å². The van der Waals surface area contributed by atoms with Gasteiger partial charge in [0.15, 0.2) is 0 Å². The van der Waals surface area contributed by atoms with E-state index >= 15 is 0 Å². The topological polar surface area (TPSA) is 51.8 Å². The molecule has 3 nitrogen and oxygen atoms in total. The van der Waals surface area contributed by atoms with Crippen molar-refractivity contribution >= 4 is 17.4 Å². The summed E-state index contributed by atoms with van der Waals surface area (Å²) in [6, 6.07) is 4.14. The lowest BCUT2D eigenvalue weighted by atomic mass is 10.3. The van der Waals surface area contributed by atoms with Gasteiger partial charge in [-0.2, -0.15) is 13.2 Å². The van der Waals surface area contributed by atoms with Crippen LogP contribution in [0.25, 0.3) is 0 Å². The zero-order chi connectivity index (χ0) is 13.2. The third kappa shape index (κ3) is 2.92. The molecule has 0 atom stereocenters. The summed E-state index contributed by atoms with van der Waals surface area (Å²) in [4.78, 5) is 8.19. The van der Waals surface area contributed by atoms with Gasteiger partial charge in [0.25, 0.3) is 0 Å². The minimum atomic E-state index is -4.44. The Labute approximate surface area is 105 Å². The van der Waals surface area contributed by atoms with Gasteiger partial charge in [-0.15, -0.1) is 0 Å². The Morgan fingerprint density at radius 2 is 1.94 bits per heavy atom. The smallest absolute Gasteiger partial charge is 0.397 e. The van der Waals surface area contributed by atoms with Gasteiger partial charge in [-0.1, -0.05) is 11.8 Å². The molecule has 2 aromatic rings. The van der Waals surface area contributed by atoms with Crippen molar-refractivity contribution in [2.45, 2.75) is 16.0 Å². The molecule has 2 heterocycles. The first-order chi connectivity index (χ1) is 8.47. The summed E-state index contributed by atoms with van der Waals surface area (Å²) in [5.74, 6) is 0. The SMILES string of the molecule is Nc1cnccc1Sc1ccnc(C(F)(F)F)c1. The molecule has 0 unspecified atom stereocenters. The van der Waals surface area contributed by atoms with Crippen molar-refractivity contribution in [1.29, 1.82) is 0 Å². The summed E-state index contributed by atoms with van der Waals surface area (Å²) in [6.45, 7) is 0. The van der Waals surface area contributed by atoms with Gasteiger partial charge in [0.1, 0.15) is 5.69 Å². The number of aromatic nitrogens is 2. The van der Waals surface area contributed by atoms with Crippen LogP contribution in [0.2, 0.25) is 0 Å². The lowest BCUT2D eigenvalue weighted by molar-refractivity contribution is -0.141. The predicted molar refractivity (Wildman–Crippen MR) is 62.0 cm³/mol. The van der Waals surface area contributed by atoms with Crippen LogP contribution in [0.5, 0.6) is 0 Å². The van der Waals surface area contributed by atoms with Crippen molar-refractivity contribution in [3.63, 3.8) is 0 Å². The lowest BCUT2D eigenvalue weighted by Crippen LogP contribution is -2.07. The first-order valence-corrected chi connectivity index (χ1v) is 5.69. The zero-order valence-corrected chi connectivity index (χ0v) is 9.79. The molecule has 0 aliphatic carbocycles. The molecule has 0 saturated heterocycles. The summed E-state index contributed by atoms with van der Waals surface area (Å²) in [5.41, 5.74) is 5.18. The standard InChI is InChI=1S/C11H8F3N3S/c12-11(13,14)10-5-7(1-4-17-10)18-9-2-3-16-6-8(9)15/h1-6H,15H2. The number of nitrogens with zero attached hydrogens (tertiary/aromatic N) is 2. The molecule has 2 rings (SSSR count). The van der Waals surface area contributed by atoms with Crippen LogP contribution in [0.1, 0.15) is 5.69 Å². The monoisotopic (exact) mass is 271 g/mol. The van der Waals surface area contributed by atoms with E-state index in [2.05, 4.69) is 9.97 Å².